The van der Waals surface area contributed by atoms with Crippen LogP contribution in [-0.2, 0) is 0 Å². The van der Waals surface area contributed by atoms with Crippen LogP contribution in [0.5, 0.6) is 0 Å². The summed E-state index contributed by atoms with van der Waals surface area (Å²) in [5, 5.41) is 11.2. The third-order valence-corrected chi connectivity index (χ3v) is 1.89. The quantitative estimate of drug-likeness (QED) is 0.445. The number of nitrogens with one attached hydrogen (secondary N) is 1. The molecule has 0 spiro atoms. The van der Waals surface area contributed by atoms with E-state index in [1.54, 1.807) is 0 Å². The summed E-state index contributed by atoms with van der Waals surface area (Å²) in [7, 11) is 0. The summed E-state index contributed by atoms with van der Waals surface area (Å²) < 4.78 is 0. The van der Waals surface area contributed by atoms with Gasteiger partial charge in [0.25, 0.3) is 0 Å². The van der Waals surface area contributed by atoms with Crippen LogP contribution in [-0.4, -0.2) is 13.1 Å². The van der Waals surface area contributed by atoms with E-state index in [9.17, 15) is 0 Å². The average Bonchev–Trinajstić information content (AvgIpc) is 2.48. The van der Waals surface area contributed by atoms with Crippen molar-refractivity contribution in [1.29, 1.82) is 5.26 Å². The Hall–Kier alpha value is -0.550. The molecule has 0 aromatic carbocycles. The first-order valence-corrected chi connectivity index (χ1v) is 3.42. The van der Waals surface area contributed by atoms with Crippen molar-refractivity contribution in [3.8, 4) is 6.07 Å². The number of nitrogens with zero attached hydrogens (tertiary/aromatic N) is 1. The number of hydrogen-bond donors (Lipinski definition) is 1. The summed E-state index contributed by atoms with van der Waals surface area (Å²) in [5.74, 6) is 1.76. The van der Waals surface area contributed by atoms with Crippen molar-refractivity contribution >= 4 is 0 Å². The minimum absolute atomic E-state index is 0.503. The topological polar surface area (TPSA) is 35.8 Å². The van der Waals surface area contributed by atoms with E-state index in [1.165, 1.54) is 6.42 Å². The molecule has 0 amide bonds. The Morgan fingerprint density at radius 1 is 1.78 bits per heavy atom. The monoisotopic (exact) mass is 124 g/mol. The van der Waals surface area contributed by atoms with Gasteiger partial charge in [-0.1, -0.05) is 6.92 Å². The minimum atomic E-state index is 0.503. The van der Waals surface area contributed by atoms with Gasteiger partial charge in [-0.25, -0.2) is 0 Å². The van der Waals surface area contributed by atoms with Crippen LogP contribution in [0.1, 0.15) is 13.3 Å². The molecule has 0 heterocycles. The predicted molar refractivity (Wildman–Crippen MR) is 35.8 cm³/mol. The summed E-state index contributed by atoms with van der Waals surface area (Å²) in [6, 6.07) is 2.05. The fourth-order valence-corrected chi connectivity index (χ4v) is 0.997. The van der Waals surface area contributed by atoms with E-state index in [-0.39, 0.29) is 0 Å². The normalized spacial score (nSPS) is 31.6. The number of hydrogen-bond acceptors (Lipinski definition) is 2. The van der Waals surface area contributed by atoms with E-state index in [1.807, 2.05) is 0 Å². The summed E-state index contributed by atoms with van der Waals surface area (Å²) >= 11 is 0. The van der Waals surface area contributed by atoms with Crippen molar-refractivity contribution in [2.24, 2.45) is 11.8 Å². The molecule has 2 heteroatoms. The zero-order valence-corrected chi connectivity index (χ0v) is 5.72. The zero-order valence-electron chi connectivity index (χ0n) is 5.72. The van der Waals surface area contributed by atoms with Crippen molar-refractivity contribution in [2.45, 2.75) is 13.3 Å². The van der Waals surface area contributed by atoms with E-state index in [0.29, 0.717) is 6.54 Å². The maximum Gasteiger partial charge on any atom is 0.0841 e. The number of rotatable bonds is 3. The van der Waals surface area contributed by atoms with Gasteiger partial charge in [0.15, 0.2) is 0 Å². The van der Waals surface area contributed by atoms with Crippen LogP contribution in [0.2, 0.25) is 0 Å². The highest BCUT2D eigenvalue weighted by Gasteiger charge is 2.31. The Labute approximate surface area is 55.9 Å². The summed E-state index contributed by atoms with van der Waals surface area (Å²) in [5.41, 5.74) is 0. The third kappa shape index (κ3) is 2.03. The molecule has 0 saturated heterocycles. The smallest absolute Gasteiger partial charge is 0.0841 e. The lowest BCUT2D eigenvalue weighted by Crippen LogP contribution is -2.17. The van der Waals surface area contributed by atoms with Gasteiger partial charge in [0.05, 0.1) is 12.6 Å². The molecule has 1 rings (SSSR count). The molecule has 0 radical (unpaired) electrons. The molecular weight excluding hydrogens is 112 g/mol. The molecule has 0 aromatic rings. The molecule has 50 valence electrons. The van der Waals surface area contributed by atoms with E-state index in [2.05, 4.69) is 18.3 Å². The molecule has 0 aliphatic heterocycles. The highest BCUT2D eigenvalue weighted by atomic mass is 14.9. The maximum atomic E-state index is 8.15. The van der Waals surface area contributed by atoms with Gasteiger partial charge in [-0.15, -0.1) is 0 Å². The van der Waals surface area contributed by atoms with Crippen molar-refractivity contribution in [3.05, 3.63) is 0 Å². The van der Waals surface area contributed by atoms with Crippen molar-refractivity contribution in [1.82, 2.24) is 5.32 Å². The first-order valence-electron chi connectivity index (χ1n) is 3.42. The second-order valence-corrected chi connectivity index (χ2v) is 2.76. The molecule has 1 fully saturated rings. The Bertz CT molecular complexity index is 125. The molecule has 0 bridgehead atoms. The molecular formula is C7H12N2. The third-order valence-electron chi connectivity index (χ3n) is 1.89. The van der Waals surface area contributed by atoms with Crippen molar-refractivity contribution in [2.75, 3.05) is 13.1 Å². The van der Waals surface area contributed by atoms with Gasteiger partial charge < -0.3 is 5.32 Å². The molecule has 0 aromatic heterocycles. The van der Waals surface area contributed by atoms with Gasteiger partial charge >= 0.3 is 0 Å². The standard InChI is InChI=1S/C7H12N2/c1-6-4-7(6)5-9-3-2-8/h6-7,9H,3-5H2,1H3. The molecule has 2 nitrogen and oxygen atoms in total. The maximum absolute atomic E-state index is 8.15. The predicted octanol–water partition coefficient (Wildman–Crippen LogP) is 0.756. The van der Waals surface area contributed by atoms with Crippen LogP contribution >= 0.6 is 0 Å². The first-order chi connectivity index (χ1) is 4.34. The van der Waals surface area contributed by atoms with Crippen molar-refractivity contribution in [3.63, 3.8) is 0 Å². The fourth-order valence-electron chi connectivity index (χ4n) is 0.997. The molecule has 2 atom stereocenters. The Kier molecular flexibility index (Phi) is 2.07. The van der Waals surface area contributed by atoms with Crippen molar-refractivity contribution < 1.29 is 0 Å². The summed E-state index contributed by atoms with van der Waals surface area (Å²) in [6.07, 6.45) is 1.35. The van der Waals surface area contributed by atoms with Gasteiger partial charge in [-0.05, 0) is 24.8 Å². The molecule has 1 aliphatic rings. The van der Waals surface area contributed by atoms with Crippen LogP contribution in [0, 0.1) is 23.2 Å². The van der Waals surface area contributed by atoms with Crippen LogP contribution in [0.25, 0.3) is 0 Å². The Morgan fingerprint density at radius 2 is 2.44 bits per heavy atom. The molecule has 1 saturated carbocycles. The van der Waals surface area contributed by atoms with Crippen LogP contribution in [0.15, 0.2) is 0 Å². The Balaban J connectivity index is 1.90. The summed E-state index contributed by atoms with van der Waals surface area (Å²) in [6.45, 7) is 3.79. The van der Waals surface area contributed by atoms with Gasteiger partial charge in [-0.3, -0.25) is 0 Å². The fraction of sp³-hybridized carbons (Fsp3) is 0.857. The average molecular weight is 124 g/mol. The van der Waals surface area contributed by atoms with Crippen LogP contribution in [0.4, 0.5) is 0 Å². The van der Waals surface area contributed by atoms with Gasteiger partial charge in [0.1, 0.15) is 0 Å². The molecule has 9 heavy (non-hydrogen) atoms. The first kappa shape index (κ1) is 6.57. The van der Waals surface area contributed by atoms with E-state index >= 15 is 0 Å². The van der Waals surface area contributed by atoms with Crippen LogP contribution < -0.4 is 5.32 Å². The number of nitriles is 1. The van der Waals surface area contributed by atoms with E-state index in [0.717, 1.165) is 18.4 Å². The minimum Gasteiger partial charge on any atom is -0.304 e. The van der Waals surface area contributed by atoms with E-state index in [4.69, 9.17) is 5.26 Å². The van der Waals surface area contributed by atoms with Gasteiger partial charge in [0, 0.05) is 0 Å². The van der Waals surface area contributed by atoms with Gasteiger partial charge in [0.2, 0.25) is 0 Å². The molecule has 1 N–H and O–H groups in total. The van der Waals surface area contributed by atoms with E-state index < -0.39 is 0 Å². The SMILES string of the molecule is CC1CC1CNCC#N. The van der Waals surface area contributed by atoms with Gasteiger partial charge in [-0.2, -0.15) is 5.26 Å². The largest absolute Gasteiger partial charge is 0.304 e. The molecule has 1 aliphatic carbocycles. The lowest BCUT2D eigenvalue weighted by atomic mass is 10.3. The van der Waals surface area contributed by atoms with Crippen LogP contribution in [0.3, 0.4) is 0 Å². The Morgan fingerprint density at radius 3 is 2.89 bits per heavy atom. The zero-order chi connectivity index (χ0) is 6.69. The summed E-state index contributed by atoms with van der Waals surface area (Å²) in [4.78, 5) is 0. The second kappa shape index (κ2) is 2.84. The highest BCUT2D eigenvalue weighted by Crippen LogP contribution is 2.36. The molecule has 2 unspecified atom stereocenters. The lowest BCUT2D eigenvalue weighted by Gasteiger charge is -1.94. The lowest BCUT2D eigenvalue weighted by molar-refractivity contribution is 0.650. The highest BCUT2D eigenvalue weighted by molar-refractivity contribution is 4.85. The second-order valence-electron chi connectivity index (χ2n) is 2.76.